The molecule has 1 amide bonds. The van der Waals surface area contributed by atoms with Crippen molar-refractivity contribution in [2.75, 3.05) is 0 Å². The molecule has 2 unspecified atom stereocenters. The SMILES string of the molecule is CC(C)(C)c1ccc(S(=O)(=O)NC(CC(=O)NC2CCCc3cc(CNC4CCCCC4)ccc32)c2ccc(F)cc2)cc1. The fourth-order valence-corrected chi connectivity index (χ4v) is 7.67. The van der Waals surface area contributed by atoms with Crippen LogP contribution in [-0.4, -0.2) is 20.4 Å². The molecule has 5 rings (SSSR count). The van der Waals surface area contributed by atoms with Gasteiger partial charge < -0.3 is 10.6 Å². The average molecular weight is 620 g/mol. The summed E-state index contributed by atoms with van der Waals surface area (Å²) in [7, 11) is -3.96. The number of carbonyl (C=O) groups excluding carboxylic acids is 1. The average Bonchev–Trinajstić information content (AvgIpc) is 3.00. The Morgan fingerprint density at radius 3 is 2.30 bits per heavy atom. The predicted molar refractivity (Wildman–Crippen MR) is 173 cm³/mol. The number of rotatable bonds is 10. The molecule has 8 heteroatoms. The minimum Gasteiger partial charge on any atom is -0.349 e. The number of fused-ring (bicyclic) bond motifs is 1. The molecule has 236 valence electrons. The van der Waals surface area contributed by atoms with Crippen LogP contribution in [0.1, 0.15) is 112 Å². The Hall–Kier alpha value is -3.07. The van der Waals surface area contributed by atoms with Crippen molar-refractivity contribution in [3.8, 4) is 0 Å². The summed E-state index contributed by atoms with van der Waals surface area (Å²) >= 11 is 0. The maximum absolute atomic E-state index is 13.7. The number of aryl methyl sites for hydroxylation is 1. The van der Waals surface area contributed by atoms with E-state index in [1.807, 2.05) is 12.1 Å². The summed E-state index contributed by atoms with van der Waals surface area (Å²) in [5.74, 6) is -0.685. The number of carbonyl (C=O) groups is 1. The number of sulfonamides is 1. The van der Waals surface area contributed by atoms with Crippen molar-refractivity contribution in [3.63, 3.8) is 0 Å². The van der Waals surface area contributed by atoms with Crippen molar-refractivity contribution in [3.05, 3.63) is 100 Å². The smallest absolute Gasteiger partial charge is 0.241 e. The predicted octanol–water partition coefficient (Wildman–Crippen LogP) is 7.15. The lowest BCUT2D eigenvalue weighted by Gasteiger charge is -2.28. The van der Waals surface area contributed by atoms with Crippen LogP contribution >= 0.6 is 0 Å². The molecule has 1 fully saturated rings. The minimum absolute atomic E-state index is 0.111. The largest absolute Gasteiger partial charge is 0.349 e. The fraction of sp³-hybridized carbons (Fsp3) is 0.472. The van der Waals surface area contributed by atoms with E-state index in [0.717, 1.165) is 36.9 Å². The quantitative estimate of drug-likeness (QED) is 0.225. The van der Waals surface area contributed by atoms with Crippen LogP contribution in [-0.2, 0) is 33.2 Å². The monoisotopic (exact) mass is 619 g/mol. The second kappa shape index (κ2) is 13.9. The number of hydrogen-bond donors (Lipinski definition) is 3. The van der Waals surface area contributed by atoms with Gasteiger partial charge >= 0.3 is 0 Å². The first-order chi connectivity index (χ1) is 21.0. The molecule has 1 saturated carbocycles. The van der Waals surface area contributed by atoms with Crippen LogP contribution < -0.4 is 15.4 Å². The Morgan fingerprint density at radius 2 is 1.61 bits per heavy atom. The summed E-state index contributed by atoms with van der Waals surface area (Å²) in [4.78, 5) is 13.6. The van der Waals surface area contributed by atoms with Gasteiger partial charge in [-0.25, -0.2) is 17.5 Å². The molecule has 3 aromatic carbocycles. The molecule has 6 nitrogen and oxygen atoms in total. The van der Waals surface area contributed by atoms with Gasteiger partial charge in [-0.05, 0) is 89.6 Å². The van der Waals surface area contributed by atoms with Crippen molar-refractivity contribution in [2.45, 2.75) is 114 Å². The van der Waals surface area contributed by atoms with E-state index in [0.29, 0.717) is 11.6 Å². The second-order valence-electron chi connectivity index (χ2n) is 13.5. The van der Waals surface area contributed by atoms with Gasteiger partial charge in [0, 0.05) is 19.0 Å². The zero-order valence-corrected chi connectivity index (χ0v) is 27.0. The van der Waals surface area contributed by atoms with Crippen LogP contribution in [0.3, 0.4) is 0 Å². The first-order valence-electron chi connectivity index (χ1n) is 16.0. The summed E-state index contributed by atoms with van der Waals surface area (Å²) in [6.45, 7) is 7.05. The first kappa shape index (κ1) is 32.3. The topological polar surface area (TPSA) is 87.3 Å². The molecular formula is C36H46FN3O3S. The number of amides is 1. The Balaban J connectivity index is 1.28. The highest BCUT2D eigenvalue weighted by molar-refractivity contribution is 7.89. The highest BCUT2D eigenvalue weighted by atomic mass is 32.2. The van der Waals surface area contributed by atoms with E-state index in [9.17, 15) is 17.6 Å². The Labute approximate surface area is 262 Å². The summed E-state index contributed by atoms with van der Waals surface area (Å²) in [6, 6.07) is 18.6. The second-order valence-corrected chi connectivity index (χ2v) is 15.2. The Kier molecular flexibility index (Phi) is 10.2. The van der Waals surface area contributed by atoms with E-state index in [4.69, 9.17) is 0 Å². The van der Waals surface area contributed by atoms with Gasteiger partial charge in [-0.1, -0.05) is 82.5 Å². The molecule has 0 aromatic heterocycles. The number of benzene rings is 3. The number of hydrogen-bond acceptors (Lipinski definition) is 4. The van der Waals surface area contributed by atoms with Gasteiger partial charge in [-0.15, -0.1) is 0 Å². The lowest BCUT2D eigenvalue weighted by Crippen LogP contribution is -2.36. The van der Waals surface area contributed by atoms with Crippen molar-refractivity contribution in [2.24, 2.45) is 0 Å². The third-order valence-corrected chi connectivity index (χ3v) is 10.5. The van der Waals surface area contributed by atoms with Crippen LogP contribution in [0.4, 0.5) is 4.39 Å². The minimum atomic E-state index is -3.96. The van der Waals surface area contributed by atoms with Crippen LogP contribution in [0.15, 0.2) is 71.6 Å². The molecule has 0 radical (unpaired) electrons. The maximum atomic E-state index is 13.7. The molecule has 2 atom stereocenters. The molecule has 2 aliphatic rings. The molecule has 0 heterocycles. The highest BCUT2D eigenvalue weighted by Crippen LogP contribution is 2.32. The third-order valence-electron chi connectivity index (χ3n) is 9.05. The maximum Gasteiger partial charge on any atom is 0.241 e. The summed E-state index contributed by atoms with van der Waals surface area (Å²) in [5, 5.41) is 6.89. The van der Waals surface area contributed by atoms with Crippen molar-refractivity contribution in [1.29, 1.82) is 0 Å². The van der Waals surface area contributed by atoms with E-state index in [1.165, 1.54) is 67.5 Å². The molecule has 44 heavy (non-hydrogen) atoms. The van der Waals surface area contributed by atoms with Crippen molar-refractivity contribution in [1.82, 2.24) is 15.4 Å². The van der Waals surface area contributed by atoms with Crippen molar-refractivity contribution >= 4 is 15.9 Å². The van der Waals surface area contributed by atoms with Gasteiger partial charge in [0.25, 0.3) is 0 Å². The normalized spacial score (nSPS) is 18.4. The molecule has 3 aromatic rings. The van der Waals surface area contributed by atoms with Gasteiger partial charge in [0.1, 0.15) is 5.82 Å². The molecule has 0 aliphatic heterocycles. The van der Waals surface area contributed by atoms with E-state index in [-0.39, 0.29) is 28.7 Å². The van der Waals surface area contributed by atoms with Crippen LogP contribution in [0.2, 0.25) is 0 Å². The van der Waals surface area contributed by atoms with Gasteiger partial charge in [0.2, 0.25) is 15.9 Å². The Bertz CT molecular complexity index is 1530. The Morgan fingerprint density at radius 1 is 0.909 bits per heavy atom. The van der Waals surface area contributed by atoms with Crippen LogP contribution in [0, 0.1) is 5.82 Å². The van der Waals surface area contributed by atoms with Gasteiger partial charge in [0.05, 0.1) is 17.0 Å². The van der Waals surface area contributed by atoms with E-state index in [1.54, 1.807) is 12.1 Å². The summed E-state index contributed by atoms with van der Waals surface area (Å²) in [5.41, 5.74) is 5.09. The molecule has 2 aliphatic carbocycles. The fourth-order valence-electron chi connectivity index (χ4n) is 6.45. The zero-order chi connectivity index (χ0) is 31.3. The molecule has 0 saturated heterocycles. The molecule has 3 N–H and O–H groups in total. The third kappa shape index (κ3) is 8.34. The van der Waals surface area contributed by atoms with E-state index in [2.05, 4.69) is 54.3 Å². The molecular weight excluding hydrogens is 573 g/mol. The number of halogens is 1. The first-order valence-corrected chi connectivity index (χ1v) is 17.5. The lowest BCUT2D eigenvalue weighted by atomic mass is 9.86. The molecule has 0 bridgehead atoms. The summed E-state index contributed by atoms with van der Waals surface area (Å²) in [6.07, 6.45) is 9.10. The van der Waals surface area contributed by atoms with E-state index < -0.39 is 21.9 Å². The van der Waals surface area contributed by atoms with Gasteiger partial charge in [-0.2, -0.15) is 0 Å². The van der Waals surface area contributed by atoms with Crippen LogP contribution in [0.5, 0.6) is 0 Å². The standard InChI is InChI=1S/C36H46FN3O3S/c1-36(2,3)28-15-19-31(20-16-28)44(42,43)40-34(26-13-17-29(37)18-14-26)23-35(41)39-33-11-7-8-27-22-25(12-21-32(27)33)24-38-30-9-5-4-6-10-30/h12-22,30,33-34,38,40H,4-11,23-24H2,1-3H3,(H,39,41). The van der Waals surface area contributed by atoms with Crippen molar-refractivity contribution < 1.29 is 17.6 Å². The number of nitrogens with one attached hydrogen (secondary N) is 3. The molecule has 0 spiro atoms. The van der Waals surface area contributed by atoms with Gasteiger partial charge in [-0.3, -0.25) is 4.79 Å². The zero-order valence-electron chi connectivity index (χ0n) is 26.2. The van der Waals surface area contributed by atoms with Crippen LogP contribution in [0.25, 0.3) is 0 Å². The lowest BCUT2D eigenvalue weighted by molar-refractivity contribution is -0.122. The summed E-state index contributed by atoms with van der Waals surface area (Å²) < 4.78 is 43.4. The highest BCUT2D eigenvalue weighted by Gasteiger charge is 2.27. The van der Waals surface area contributed by atoms with E-state index >= 15 is 0 Å². The van der Waals surface area contributed by atoms with Gasteiger partial charge in [0.15, 0.2) is 0 Å².